The van der Waals surface area contributed by atoms with Gasteiger partial charge in [0.2, 0.25) is 0 Å². The number of hydrogen-bond acceptors (Lipinski definition) is 4. The summed E-state index contributed by atoms with van der Waals surface area (Å²) in [5.41, 5.74) is 3.77. The highest BCUT2D eigenvalue weighted by molar-refractivity contribution is 6.13. The number of carbonyl (C=O) groups is 2. The van der Waals surface area contributed by atoms with E-state index in [0.29, 0.717) is 22.3 Å². The second-order valence-electron chi connectivity index (χ2n) is 5.62. The first-order valence-electron chi connectivity index (χ1n) is 7.58. The van der Waals surface area contributed by atoms with Crippen LogP contribution < -0.4 is 0 Å². The van der Waals surface area contributed by atoms with Crippen LogP contribution in [-0.2, 0) is 0 Å². The summed E-state index contributed by atoms with van der Waals surface area (Å²) >= 11 is 0. The Hall–Kier alpha value is -3.14. The van der Waals surface area contributed by atoms with Crippen molar-refractivity contribution in [2.75, 3.05) is 0 Å². The van der Waals surface area contributed by atoms with Crippen LogP contribution in [0.25, 0.3) is 0 Å². The van der Waals surface area contributed by atoms with E-state index < -0.39 is 0 Å². The highest BCUT2D eigenvalue weighted by Crippen LogP contribution is 2.21. The van der Waals surface area contributed by atoms with Crippen molar-refractivity contribution in [1.82, 2.24) is 9.97 Å². The van der Waals surface area contributed by atoms with Gasteiger partial charge in [0.1, 0.15) is 0 Å². The number of benzene rings is 1. The lowest BCUT2D eigenvalue weighted by Crippen LogP contribution is -2.09. The van der Waals surface area contributed by atoms with Gasteiger partial charge in [-0.25, -0.2) is 0 Å². The van der Waals surface area contributed by atoms with Gasteiger partial charge in [-0.05, 0) is 61.4 Å². The van der Waals surface area contributed by atoms with Gasteiger partial charge in [-0.2, -0.15) is 0 Å². The zero-order valence-corrected chi connectivity index (χ0v) is 13.5. The van der Waals surface area contributed by atoms with E-state index in [4.69, 9.17) is 0 Å². The van der Waals surface area contributed by atoms with Crippen LogP contribution in [0.3, 0.4) is 0 Å². The number of aryl methyl sites for hydroxylation is 2. The van der Waals surface area contributed by atoms with Crippen LogP contribution in [0.2, 0.25) is 0 Å². The van der Waals surface area contributed by atoms with Crippen LogP contribution in [0.1, 0.15) is 43.0 Å². The number of aromatic nitrogens is 2. The molecule has 2 aromatic heterocycles. The molecule has 0 radical (unpaired) electrons. The Morgan fingerprint density at radius 1 is 0.750 bits per heavy atom. The van der Waals surface area contributed by atoms with Crippen molar-refractivity contribution in [3.8, 4) is 0 Å². The number of rotatable bonds is 4. The van der Waals surface area contributed by atoms with Crippen molar-refractivity contribution < 1.29 is 9.59 Å². The van der Waals surface area contributed by atoms with E-state index in [1.807, 2.05) is 13.8 Å². The molecule has 0 N–H and O–H groups in total. The Morgan fingerprint density at radius 3 is 1.50 bits per heavy atom. The monoisotopic (exact) mass is 316 g/mol. The molecule has 0 atom stereocenters. The molecule has 0 bridgehead atoms. The van der Waals surface area contributed by atoms with E-state index in [-0.39, 0.29) is 11.6 Å². The summed E-state index contributed by atoms with van der Waals surface area (Å²) in [6.45, 7) is 3.67. The van der Waals surface area contributed by atoms with Crippen molar-refractivity contribution in [2.24, 2.45) is 0 Å². The van der Waals surface area contributed by atoms with Crippen LogP contribution in [-0.4, -0.2) is 21.5 Å². The molecule has 4 nitrogen and oxygen atoms in total. The average molecular weight is 316 g/mol. The van der Waals surface area contributed by atoms with Gasteiger partial charge in [-0.1, -0.05) is 0 Å². The van der Waals surface area contributed by atoms with Crippen molar-refractivity contribution in [3.63, 3.8) is 0 Å². The number of carbonyl (C=O) groups excluding carboxylic acids is 2. The van der Waals surface area contributed by atoms with E-state index in [1.165, 1.54) is 0 Å². The van der Waals surface area contributed by atoms with Crippen LogP contribution in [0, 0.1) is 13.8 Å². The Kier molecular flexibility index (Phi) is 4.29. The van der Waals surface area contributed by atoms with Gasteiger partial charge in [0.25, 0.3) is 0 Å². The molecule has 0 aliphatic heterocycles. The van der Waals surface area contributed by atoms with Crippen molar-refractivity contribution in [1.29, 1.82) is 0 Å². The van der Waals surface area contributed by atoms with E-state index in [2.05, 4.69) is 9.97 Å². The fourth-order valence-corrected chi connectivity index (χ4v) is 2.61. The van der Waals surface area contributed by atoms with Gasteiger partial charge in [-0.15, -0.1) is 0 Å². The van der Waals surface area contributed by atoms with Crippen LogP contribution in [0.15, 0.2) is 61.2 Å². The molecule has 0 saturated carbocycles. The Balaban J connectivity index is 2.01. The zero-order chi connectivity index (χ0) is 17.1. The molecule has 0 spiro atoms. The van der Waals surface area contributed by atoms with Crippen molar-refractivity contribution in [2.45, 2.75) is 13.8 Å². The molecular formula is C20H16N2O2. The van der Waals surface area contributed by atoms with Crippen molar-refractivity contribution >= 4 is 11.6 Å². The fourth-order valence-electron chi connectivity index (χ4n) is 2.61. The average Bonchev–Trinajstić information content (AvgIpc) is 2.63. The van der Waals surface area contributed by atoms with Crippen LogP contribution in [0.4, 0.5) is 0 Å². The highest BCUT2D eigenvalue weighted by Gasteiger charge is 2.18. The minimum absolute atomic E-state index is 0.0934. The summed E-state index contributed by atoms with van der Waals surface area (Å²) in [6.07, 6.45) is 6.35. The topological polar surface area (TPSA) is 59.9 Å². The molecule has 0 unspecified atom stereocenters. The van der Waals surface area contributed by atoms with Crippen molar-refractivity contribution in [3.05, 3.63) is 94.6 Å². The third-order valence-electron chi connectivity index (χ3n) is 3.91. The summed E-state index contributed by atoms with van der Waals surface area (Å²) < 4.78 is 0. The second-order valence-corrected chi connectivity index (χ2v) is 5.62. The Morgan fingerprint density at radius 2 is 1.17 bits per heavy atom. The summed E-state index contributed by atoms with van der Waals surface area (Å²) in [4.78, 5) is 33.2. The summed E-state index contributed by atoms with van der Waals surface area (Å²) in [5.74, 6) is -0.187. The molecule has 0 fully saturated rings. The fraction of sp³-hybridized carbons (Fsp3) is 0.100. The maximum atomic E-state index is 12.6. The van der Waals surface area contributed by atoms with Gasteiger partial charge in [0.05, 0.1) is 0 Å². The van der Waals surface area contributed by atoms with Gasteiger partial charge >= 0.3 is 0 Å². The minimum Gasteiger partial charge on any atom is -0.289 e. The molecule has 2 heterocycles. The molecule has 3 rings (SSSR count). The molecule has 1 aromatic carbocycles. The maximum Gasteiger partial charge on any atom is 0.194 e. The molecule has 4 heteroatoms. The van der Waals surface area contributed by atoms with Crippen LogP contribution in [0.5, 0.6) is 0 Å². The van der Waals surface area contributed by atoms with Gasteiger partial charge < -0.3 is 0 Å². The zero-order valence-electron chi connectivity index (χ0n) is 13.5. The molecule has 24 heavy (non-hydrogen) atoms. The SMILES string of the molecule is Cc1cc(C(=O)c2cccnc2)c(C)cc1C(=O)c1cccnc1. The second kappa shape index (κ2) is 6.54. The lowest BCUT2D eigenvalue weighted by Gasteiger charge is -2.11. The number of nitrogens with zero attached hydrogens (tertiary/aromatic N) is 2. The number of ketones is 2. The maximum absolute atomic E-state index is 12.6. The standard InChI is InChI=1S/C20H16N2O2/c1-13-9-18(20(24)16-6-4-8-22-12-16)14(2)10-17(13)19(23)15-5-3-7-21-11-15/h3-12H,1-2H3. The molecule has 0 saturated heterocycles. The molecule has 118 valence electrons. The molecular weight excluding hydrogens is 300 g/mol. The molecule has 0 amide bonds. The first kappa shape index (κ1) is 15.7. The number of hydrogen-bond donors (Lipinski definition) is 0. The predicted molar refractivity (Wildman–Crippen MR) is 91.3 cm³/mol. The third kappa shape index (κ3) is 2.99. The van der Waals surface area contributed by atoms with E-state index in [9.17, 15) is 9.59 Å². The smallest absolute Gasteiger partial charge is 0.194 e. The quantitative estimate of drug-likeness (QED) is 0.691. The van der Waals surface area contributed by atoms with Gasteiger partial charge in [0.15, 0.2) is 11.6 Å². The number of pyridine rings is 2. The van der Waals surface area contributed by atoms with Crippen LogP contribution >= 0.6 is 0 Å². The van der Waals surface area contributed by atoms with E-state index >= 15 is 0 Å². The Bertz CT molecular complexity index is 826. The highest BCUT2D eigenvalue weighted by atomic mass is 16.1. The lowest BCUT2D eigenvalue weighted by atomic mass is 9.92. The minimum atomic E-state index is -0.0934. The Labute approximate surface area is 140 Å². The summed E-state index contributed by atoms with van der Waals surface area (Å²) in [6, 6.07) is 10.5. The van der Waals surface area contributed by atoms with E-state index in [0.717, 1.165) is 11.1 Å². The van der Waals surface area contributed by atoms with Gasteiger partial charge in [-0.3, -0.25) is 19.6 Å². The third-order valence-corrected chi connectivity index (χ3v) is 3.91. The predicted octanol–water partition coefficient (Wildman–Crippen LogP) is 3.56. The summed E-state index contributed by atoms with van der Waals surface area (Å²) in [5, 5.41) is 0. The lowest BCUT2D eigenvalue weighted by molar-refractivity contribution is 0.102. The molecule has 3 aromatic rings. The van der Waals surface area contributed by atoms with E-state index in [1.54, 1.807) is 61.2 Å². The molecule has 0 aliphatic rings. The summed E-state index contributed by atoms with van der Waals surface area (Å²) in [7, 11) is 0. The largest absolute Gasteiger partial charge is 0.289 e. The molecule has 0 aliphatic carbocycles. The normalized spacial score (nSPS) is 10.4. The first-order chi connectivity index (χ1) is 11.6. The first-order valence-corrected chi connectivity index (χ1v) is 7.58. The van der Waals surface area contributed by atoms with Gasteiger partial charge in [0, 0.05) is 47.0 Å².